The van der Waals surface area contributed by atoms with Crippen molar-refractivity contribution in [3.63, 3.8) is 0 Å². The molecule has 0 saturated carbocycles. The summed E-state index contributed by atoms with van der Waals surface area (Å²) in [6.07, 6.45) is 1.27. The molecule has 0 aliphatic carbocycles. The quantitative estimate of drug-likeness (QED) is 0.825. The summed E-state index contributed by atoms with van der Waals surface area (Å²) in [7, 11) is 0. The van der Waals surface area contributed by atoms with Crippen LogP contribution in [-0.4, -0.2) is 30.1 Å². The highest BCUT2D eigenvalue weighted by Crippen LogP contribution is 2.36. The Kier molecular flexibility index (Phi) is 3.04. The van der Waals surface area contributed by atoms with E-state index in [2.05, 4.69) is 24.8 Å². The average Bonchev–Trinajstić information content (AvgIpc) is 2.69. The summed E-state index contributed by atoms with van der Waals surface area (Å²) < 4.78 is 5.88. The summed E-state index contributed by atoms with van der Waals surface area (Å²) in [5.41, 5.74) is 7.61. The average molecular weight is 246 g/mol. The number of rotatable bonds is 1. The summed E-state index contributed by atoms with van der Waals surface area (Å²) in [5.74, 6) is 1.73. The Morgan fingerprint density at radius 1 is 1.28 bits per heavy atom. The van der Waals surface area contributed by atoms with E-state index in [-0.39, 0.29) is 6.04 Å². The molecule has 1 fully saturated rings. The third-order valence-electron chi connectivity index (χ3n) is 4.36. The largest absolute Gasteiger partial charge is 0.492 e. The van der Waals surface area contributed by atoms with Gasteiger partial charge in [-0.3, -0.25) is 4.90 Å². The number of fused-ring (bicyclic) bond motifs is 1. The molecule has 3 rings (SSSR count). The molecular formula is C15H22N2O. The molecule has 3 heteroatoms. The Morgan fingerprint density at radius 3 is 2.78 bits per heavy atom. The maximum absolute atomic E-state index is 6.46. The van der Waals surface area contributed by atoms with Crippen molar-refractivity contribution in [3.05, 3.63) is 29.8 Å². The number of para-hydroxylation sites is 1. The fourth-order valence-corrected chi connectivity index (χ4v) is 3.47. The second kappa shape index (κ2) is 4.56. The van der Waals surface area contributed by atoms with E-state index in [1.165, 1.54) is 6.42 Å². The number of nitrogens with two attached hydrogens (primary N) is 1. The van der Waals surface area contributed by atoms with Crippen LogP contribution in [0.15, 0.2) is 24.3 Å². The molecule has 0 aromatic heterocycles. The molecule has 1 aromatic carbocycles. The van der Waals surface area contributed by atoms with Crippen LogP contribution in [0.1, 0.15) is 31.9 Å². The summed E-state index contributed by atoms with van der Waals surface area (Å²) in [6.45, 7) is 6.48. The van der Waals surface area contributed by atoms with Gasteiger partial charge in [0.1, 0.15) is 12.4 Å². The van der Waals surface area contributed by atoms with Gasteiger partial charge in [0, 0.05) is 18.2 Å². The van der Waals surface area contributed by atoms with Crippen molar-refractivity contribution >= 4 is 0 Å². The van der Waals surface area contributed by atoms with Crippen molar-refractivity contribution in [1.29, 1.82) is 0 Å². The highest BCUT2D eigenvalue weighted by atomic mass is 16.5. The SMILES string of the molecule is CC1CC(C)N(C2COc3ccccc3C2N)C1. The van der Waals surface area contributed by atoms with Crippen LogP contribution in [0, 0.1) is 5.92 Å². The number of likely N-dealkylation sites (tertiary alicyclic amines) is 1. The topological polar surface area (TPSA) is 38.5 Å². The molecule has 98 valence electrons. The minimum Gasteiger partial charge on any atom is -0.492 e. The number of ether oxygens (including phenoxy) is 1. The van der Waals surface area contributed by atoms with Gasteiger partial charge < -0.3 is 10.5 Å². The van der Waals surface area contributed by atoms with Crippen LogP contribution in [0.2, 0.25) is 0 Å². The Hall–Kier alpha value is -1.06. The Bertz CT molecular complexity index is 434. The zero-order valence-electron chi connectivity index (χ0n) is 11.2. The van der Waals surface area contributed by atoms with Crippen LogP contribution in [0.25, 0.3) is 0 Å². The van der Waals surface area contributed by atoms with E-state index < -0.39 is 0 Å². The lowest BCUT2D eigenvalue weighted by Gasteiger charge is -2.39. The Morgan fingerprint density at radius 2 is 2.06 bits per heavy atom. The number of nitrogens with zero attached hydrogens (tertiary/aromatic N) is 1. The number of hydrogen-bond acceptors (Lipinski definition) is 3. The predicted octanol–water partition coefficient (Wildman–Crippen LogP) is 2.18. The van der Waals surface area contributed by atoms with Gasteiger partial charge in [-0.15, -0.1) is 0 Å². The van der Waals surface area contributed by atoms with Gasteiger partial charge in [0.2, 0.25) is 0 Å². The normalized spacial score (nSPS) is 36.2. The van der Waals surface area contributed by atoms with Crippen molar-refractivity contribution < 1.29 is 4.74 Å². The molecule has 2 heterocycles. The van der Waals surface area contributed by atoms with Gasteiger partial charge in [-0.25, -0.2) is 0 Å². The number of benzene rings is 1. The van der Waals surface area contributed by atoms with E-state index >= 15 is 0 Å². The smallest absolute Gasteiger partial charge is 0.124 e. The Balaban J connectivity index is 1.84. The van der Waals surface area contributed by atoms with Gasteiger partial charge in [-0.05, 0) is 25.3 Å². The Labute approximate surface area is 109 Å². The molecule has 4 atom stereocenters. The lowest BCUT2D eigenvalue weighted by Crippen LogP contribution is -2.50. The van der Waals surface area contributed by atoms with E-state index in [0.717, 1.165) is 30.4 Å². The van der Waals surface area contributed by atoms with Crippen LogP contribution in [0.4, 0.5) is 0 Å². The summed E-state index contributed by atoms with van der Waals surface area (Å²) in [6, 6.07) is 9.16. The predicted molar refractivity (Wildman–Crippen MR) is 72.6 cm³/mol. The zero-order chi connectivity index (χ0) is 12.7. The van der Waals surface area contributed by atoms with E-state index in [1.54, 1.807) is 0 Å². The minimum absolute atomic E-state index is 0.0719. The minimum atomic E-state index is 0.0719. The van der Waals surface area contributed by atoms with Gasteiger partial charge in [-0.2, -0.15) is 0 Å². The molecule has 2 aliphatic heterocycles. The highest BCUT2D eigenvalue weighted by molar-refractivity contribution is 5.38. The summed E-state index contributed by atoms with van der Waals surface area (Å²) in [5, 5.41) is 0. The molecule has 0 radical (unpaired) electrons. The van der Waals surface area contributed by atoms with Crippen molar-refractivity contribution in [2.45, 2.75) is 38.4 Å². The lowest BCUT2D eigenvalue weighted by molar-refractivity contribution is 0.0911. The van der Waals surface area contributed by atoms with Crippen molar-refractivity contribution in [3.8, 4) is 5.75 Å². The molecule has 3 nitrogen and oxygen atoms in total. The molecule has 2 aliphatic rings. The van der Waals surface area contributed by atoms with Gasteiger partial charge >= 0.3 is 0 Å². The molecule has 2 N–H and O–H groups in total. The summed E-state index contributed by atoms with van der Waals surface area (Å²) in [4.78, 5) is 2.53. The van der Waals surface area contributed by atoms with Crippen molar-refractivity contribution in [2.75, 3.05) is 13.2 Å². The fourth-order valence-electron chi connectivity index (χ4n) is 3.47. The third-order valence-corrected chi connectivity index (χ3v) is 4.36. The first kappa shape index (κ1) is 12.0. The molecule has 18 heavy (non-hydrogen) atoms. The van der Waals surface area contributed by atoms with E-state index in [1.807, 2.05) is 18.2 Å². The van der Waals surface area contributed by atoms with Crippen molar-refractivity contribution in [1.82, 2.24) is 4.90 Å². The molecule has 0 amide bonds. The van der Waals surface area contributed by atoms with Crippen LogP contribution >= 0.6 is 0 Å². The molecule has 4 unspecified atom stereocenters. The van der Waals surface area contributed by atoms with Gasteiger partial charge in [-0.1, -0.05) is 25.1 Å². The second-order valence-electron chi connectivity index (χ2n) is 5.83. The fraction of sp³-hybridized carbons (Fsp3) is 0.600. The molecule has 0 bridgehead atoms. The molecule has 1 aromatic rings. The monoisotopic (exact) mass is 246 g/mol. The molecule has 1 saturated heterocycles. The first-order valence-electron chi connectivity index (χ1n) is 6.90. The van der Waals surface area contributed by atoms with E-state index in [4.69, 9.17) is 10.5 Å². The zero-order valence-corrected chi connectivity index (χ0v) is 11.2. The van der Waals surface area contributed by atoms with Crippen LogP contribution in [0.3, 0.4) is 0 Å². The maximum Gasteiger partial charge on any atom is 0.124 e. The molecule has 0 spiro atoms. The lowest BCUT2D eigenvalue weighted by atomic mass is 9.95. The van der Waals surface area contributed by atoms with Crippen LogP contribution < -0.4 is 10.5 Å². The molecular weight excluding hydrogens is 224 g/mol. The van der Waals surface area contributed by atoms with E-state index in [0.29, 0.717) is 12.1 Å². The standard InChI is InChI=1S/C15H22N2O/c1-10-7-11(2)17(8-10)13-9-18-14-6-4-3-5-12(14)15(13)16/h3-6,10-11,13,15H,7-9,16H2,1-2H3. The van der Waals surface area contributed by atoms with Gasteiger partial charge in [0.05, 0.1) is 12.1 Å². The third kappa shape index (κ3) is 1.91. The first-order valence-corrected chi connectivity index (χ1v) is 6.90. The van der Waals surface area contributed by atoms with Crippen LogP contribution in [-0.2, 0) is 0 Å². The van der Waals surface area contributed by atoms with Gasteiger partial charge in [0.25, 0.3) is 0 Å². The van der Waals surface area contributed by atoms with Crippen molar-refractivity contribution in [2.24, 2.45) is 11.7 Å². The maximum atomic E-state index is 6.46. The van der Waals surface area contributed by atoms with Gasteiger partial charge in [0.15, 0.2) is 0 Å². The van der Waals surface area contributed by atoms with E-state index in [9.17, 15) is 0 Å². The first-order chi connectivity index (χ1) is 8.66. The number of hydrogen-bond donors (Lipinski definition) is 1. The highest BCUT2D eigenvalue weighted by Gasteiger charge is 2.38. The second-order valence-corrected chi connectivity index (χ2v) is 5.83. The summed E-state index contributed by atoms with van der Waals surface area (Å²) >= 11 is 0. The van der Waals surface area contributed by atoms with Crippen LogP contribution in [0.5, 0.6) is 5.75 Å².